The molecule has 1 N–H and O–H groups in total. The Balaban J connectivity index is 1.32. The molecule has 7 nitrogen and oxygen atoms in total. The molecular formula is C24H20F3N3O4. The first-order valence-electron chi connectivity index (χ1n) is 10.4. The number of Topliss-reactive ketones (excluding diaryl/α,β-unsaturated/α-hetero) is 1. The summed E-state index contributed by atoms with van der Waals surface area (Å²) in [6, 6.07) is 12.0. The smallest absolute Gasteiger partial charge is 0.453 e. The van der Waals surface area contributed by atoms with Gasteiger partial charge in [-0.3, -0.25) is 9.59 Å². The van der Waals surface area contributed by atoms with E-state index in [1.54, 1.807) is 24.3 Å². The Labute approximate surface area is 192 Å². The molecule has 0 unspecified atom stereocenters. The van der Waals surface area contributed by atoms with Gasteiger partial charge in [-0.1, -0.05) is 24.3 Å². The Morgan fingerprint density at radius 1 is 0.971 bits per heavy atom. The second-order valence-corrected chi connectivity index (χ2v) is 7.93. The summed E-state index contributed by atoms with van der Waals surface area (Å²) in [5.74, 6) is -0.592. The molecule has 1 aliphatic rings. The number of rotatable bonds is 9. The number of carbonyl (C=O) groups excluding carboxylic acids is 2. The van der Waals surface area contributed by atoms with Crippen molar-refractivity contribution >= 4 is 11.7 Å². The molecule has 0 saturated heterocycles. The van der Waals surface area contributed by atoms with Crippen LogP contribution >= 0.6 is 0 Å². The maximum absolute atomic E-state index is 12.7. The van der Waals surface area contributed by atoms with Crippen molar-refractivity contribution in [3.05, 3.63) is 78.4 Å². The summed E-state index contributed by atoms with van der Waals surface area (Å²) < 4.78 is 47.2. The standard InChI is InChI=1S/C24H20F3N3O4/c25-24(26,27)34-21-4-2-1-3-20(21)33-18-7-5-16(6-8-18)12-30-22(32)23(9-10-23)11-19(31)17-13-28-15-29-14-17/h1-8,13-15H,9-12H2,(H,30,32). The average Bonchev–Trinajstić information content (AvgIpc) is 3.60. The molecular weight excluding hydrogens is 451 g/mol. The zero-order chi connectivity index (χ0) is 24.2. The second-order valence-electron chi connectivity index (χ2n) is 7.93. The lowest BCUT2D eigenvalue weighted by Crippen LogP contribution is -2.33. The Bertz CT molecular complexity index is 1160. The Morgan fingerprint density at radius 3 is 2.24 bits per heavy atom. The number of hydrogen-bond acceptors (Lipinski definition) is 6. The number of amides is 1. The molecule has 0 radical (unpaired) electrons. The van der Waals surface area contributed by atoms with E-state index in [0.29, 0.717) is 24.2 Å². The Hall–Kier alpha value is -3.95. The first-order chi connectivity index (χ1) is 16.2. The number of aromatic nitrogens is 2. The zero-order valence-electron chi connectivity index (χ0n) is 17.8. The molecule has 2 aromatic carbocycles. The van der Waals surface area contributed by atoms with Crippen molar-refractivity contribution < 1.29 is 32.2 Å². The number of ether oxygens (including phenoxy) is 2. The molecule has 0 atom stereocenters. The minimum Gasteiger partial charge on any atom is -0.453 e. The molecule has 1 heterocycles. The quantitative estimate of drug-likeness (QED) is 0.450. The molecule has 176 valence electrons. The van der Waals surface area contributed by atoms with Crippen LogP contribution in [0.2, 0.25) is 0 Å². The van der Waals surface area contributed by atoms with Crippen molar-refractivity contribution in [3.8, 4) is 17.2 Å². The number of nitrogens with one attached hydrogen (secondary N) is 1. The van der Waals surface area contributed by atoms with Gasteiger partial charge >= 0.3 is 6.36 Å². The Morgan fingerprint density at radius 2 is 1.62 bits per heavy atom. The van der Waals surface area contributed by atoms with Crippen molar-refractivity contribution in [2.75, 3.05) is 0 Å². The van der Waals surface area contributed by atoms with Crippen LogP contribution in [0.5, 0.6) is 17.2 Å². The lowest BCUT2D eigenvalue weighted by Gasteiger charge is -2.15. The molecule has 3 aromatic rings. The lowest BCUT2D eigenvalue weighted by atomic mass is 9.95. The molecule has 0 bridgehead atoms. The normalized spacial score (nSPS) is 14.2. The molecule has 34 heavy (non-hydrogen) atoms. The van der Waals surface area contributed by atoms with Crippen molar-refractivity contribution in [1.29, 1.82) is 0 Å². The van der Waals surface area contributed by atoms with Gasteiger partial charge in [-0.15, -0.1) is 13.2 Å². The fourth-order valence-electron chi connectivity index (χ4n) is 3.40. The molecule has 1 aromatic heterocycles. The van der Waals surface area contributed by atoms with E-state index in [2.05, 4.69) is 20.0 Å². The van der Waals surface area contributed by atoms with E-state index in [0.717, 1.165) is 11.6 Å². The highest BCUT2D eigenvalue weighted by molar-refractivity contribution is 6.00. The van der Waals surface area contributed by atoms with Gasteiger partial charge in [0.15, 0.2) is 17.3 Å². The highest BCUT2D eigenvalue weighted by Gasteiger charge is 2.51. The molecule has 1 amide bonds. The average molecular weight is 471 g/mol. The van der Waals surface area contributed by atoms with Crippen LogP contribution in [-0.4, -0.2) is 28.0 Å². The molecule has 4 rings (SSSR count). The number of benzene rings is 2. The SMILES string of the molecule is O=C(CC1(C(=O)NCc2ccc(Oc3ccccc3OC(F)(F)F)cc2)CC1)c1cncnc1. The van der Waals surface area contributed by atoms with Crippen LogP contribution in [0.15, 0.2) is 67.3 Å². The summed E-state index contributed by atoms with van der Waals surface area (Å²) in [7, 11) is 0. The highest BCUT2D eigenvalue weighted by atomic mass is 19.4. The predicted octanol–water partition coefficient (Wildman–Crippen LogP) is 4.84. The molecule has 1 aliphatic carbocycles. The first-order valence-corrected chi connectivity index (χ1v) is 10.4. The van der Waals surface area contributed by atoms with E-state index in [4.69, 9.17) is 4.74 Å². The molecule has 10 heteroatoms. The topological polar surface area (TPSA) is 90.4 Å². The first kappa shape index (κ1) is 23.2. The predicted molar refractivity (Wildman–Crippen MR) is 114 cm³/mol. The van der Waals surface area contributed by atoms with Gasteiger partial charge in [-0.25, -0.2) is 9.97 Å². The number of carbonyl (C=O) groups is 2. The minimum atomic E-state index is -4.83. The number of halogens is 3. The number of alkyl halides is 3. The molecule has 1 fully saturated rings. The van der Waals surface area contributed by atoms with Gasteiger partial charge in [0.25, 0.3) is 0 Å². The number of hydrogen-bond donors (Lipinski definition) is 1. The molecule has 1 saturated carbocycles. The summed E-state index contributed by atoms with van der Waals surface area (Å²) in [6.07, 6.45) is 0.718. The maximum atomic E-state index is 12.7. The van der Waals surface area contributed by atoms with Crippen LogP contribution in [0.4, 0.5) is 13.2 Å². The van der Waals surface area contributed by atoms with Crippen LogP contribution in [0.1, 0.15) is 35.2 Å². The minimum absolute atomic E-state index is 0.0787. The van der Waals surface area contributed by atoms with Crippen molar-refractivity contribution in [1.82, 2.24) is 15.3 Å². The fraction of sp³-hybridized carbons (Fsp3) is 0.250. The van der Waals surface area contributed by atoms with Crippen molar-refractivity contribution in [2.24, 2.45) is 5.41 Å². The third kappa shape index (κ3) is 5.89. The second kappa shape index (κ2) is 9.50. The van der Waals surface area contributed by atoms with Crippen LogP contribution in [-0.2, 0) is 11.3 Å². The van der Waals surface area contributed by atoms with E-state index in [1.807, 2.05) is 0 Å². The van der Waals surface area contributed by atoms with E-state index in [9.17, 15) is 22.8 Å². The third-order valence-electron chi connectivity index (χ3n) is 5.40. The van der Waals surface area contributed by atoms with Gasteiger partial charge < -0.3 is 14.8 Å². The van der Waals surface area contributed by atoms with Gasteiger partial charge in [0, 0.05) is 25.4 Å². The third-order valence-corrected chi connectivity index (χ3v) is 5.40. The number of ketones is 1. The summed E-state index contributed by atoms with van der Waals surface area (Å²) >= 11 is 0. The van der Waals surface area contributed by atoms with Crippen LogP contribution in [0.25, 0.3) is 0 Å². The van der Waals surface area contributed by atoms with Gasteiger partial charge in [0.2, 0.25) is 5.91 Å². The van der Waals surface area contributed by atoms with Gasteiger partial charge in [0.1, 0.15) is 12.1 Å². The highest BCUT2D eigenvalue weighted by Crippen LogP contribution is 2.49. The van der Waals surface area contributed by atoms with Gasteiger partial charge in [0.05, 0.1) is 11.0 Å². The largest absolute Gasteiger partial charge is 0.573 e. The van der Waals surface area contributed by atoms with Crippen LogP contribution < -0.4 is 14.8 Å². The zero-order valence-corrected chi connectivity index (χ0v) is 17.8. The van der Waals surface area contributed by atoms with Crippen molar-refractivity contribution in [3.63, 3.8) is 0 Å². The molecule has 0 spiro atoms. The Kier molecular flexibility index (Phi) is 6.49. The van der Waals surface area contributed by atoms with Gasteiger partial charge in [-0.2, -0.15) is 0 Å². The van der Waals surface area contributed by atoms with E-state index < -0.39 is 17.5 Å². The van der Waals surface area contributed by atoms with Gasteiger partial charge in [-0.05, 0) is 42.7 Å². The lowest BCUT2D eigenvalue weighted by molar-refractivity contribution is -0.275. The molecule has 0 aliphatic heterocycles. The summed E-state index contributed by atoms with van der Waals surface area (Å²) in [5, 5.41) is 2.85. The monoisotopic (exact) mass is 471 g/mol. The summed E-state index contributed by atoms with van der Waals surface area (Å²) in [5.41, 5.74) is 0.427. The van der Waals surface area contributed by atoms with E-state index in [-0.39, 0.29) is 30.4 Å². The maximum Gasteiger partial charge on any atom is 0.573 e. The summed E-state index contributed by atoms with van der Waals surface area (Å²) in [6.45, 7) is 0.233. The fourth-order valence-corrected chi connectivity index (χ4v) is 3.40. The van der Waals surface area contributed by atoms with E-state index in [1.165, 1.54) is 36.9 Å². The van der Waals surface area contributed by atoms with E-state index >= 15 is 0 Å². The number of nitrogens with zero attached hydrogens (tertiary/aromatic N) is 2. The number of para-hydroxylation sites is 2. The summed E-state index contributed by atoms with van der Waals surface area (Å²) in [4.78, 5) is 32.8. The van der Waals surface area contributed by atoms with Crippen LogP contribution in [0, 0.1) is 5.41 Å². The van der Waals surface area contributed by atoms with Crippen LogP contribution in [0.3, 0.4) is 0 Å². The van der Waals surface area contributed by atoms with Crippen molar-refractivity contribution in [2.45, 2.75) is 32.2 Å².